The predicted octanol–water partition coefficient (Wildman–Crippen LogP) is 3.55. The first-order valence-electron chi connectivity index (χ1n) is 12.1. The van der Waals surface area contributed by atoms with Crippen molar-refractivity contribution in [2.45, 2.75) is 33.2 Å². The first kappa shape index (κ1) is 23.8. The number of aryl methyl sites for hydroxylation is 2. The molecule has 0 saturated carbocycles. The second-order valence-corrected chi connectivity index (χ2v) is 8.79. The van der Waals surface area contributed by atoms with Gasteiger partial charge in [0.1, 0.15) is 0 Å². The fraction of sp³-hybridized carbons (Fsp3) is 0.407. The van der Waals surface area contributed by atoms with Crippen LogP contribution in [-0.4, -0.2) is 56.2 Å². The highest BCUT2D eigenvalue weighted by Crippen LogP contribution is 2.29. The van der Waals surface area contributed by atoms with E-state index in [2.05, 4.69) is 58.5 Å². The van der Waals surface area contributed by atoms with Crippen molar-refractivity contribution >= 4 is 17.7 Å². The number of carbonyl (C=O) groups excluding carboxylic acids is 2. The number of amides is 2. The topological polar surface area (TPSA) is 73.9 Å². The van der Waals surface area contributed by atoms with Gasteiger partial charge in [0, 0.05) is 44.1 Å². The smallest absolute Gasteiger partial charge is 0.338 e. The molecule has 1 fully saturated rings. The number of benzene rings is 2. The van der Waals surface area contributed by atoms with Crippen LogP contribution in [0.1, 0.15) is 36.6 Å². The number of hydrogen-bond donors (Lipinski definition) is 2. The number of ether oxygens (including phenoxy) is 1. The van der Waals surface area contributed by atoms with E-state index in [1.54, 1.807) is 6.92 Å². The summed E-state index contributed by atoms with van der Waals surface area (Å²) in [5.74, 6) is -0.395. The van der Waals surface area contributed by atoms with Crippen molar-refractivity contribution in [3.05, 3.63) is 76.5 Å². The third-order valence-electron chi connectivity index (χ3n) is 6.58. The summed E-state index contributed by atoms with van der Waals surface area (Å²) in [5.41, 5.74) is 5.71. The number of anilines is 1. The molecule has 34 heavy (non-hydrogen) atoms. The molecule has 2 amide bonds. The van der Waals surface area contributed by atoms with Gasteiger partial charge < -0.3 is 20.3 Å². The van der Waals surface area contributed by atoms with Gasteiger partial charge >= 0.3 is 12.0 Å². The highest BCUT2D eigenvalue weighted by atomic mass is 16.5. The van der Waals surface area contributed by atoms with Crippen LogP contribution in [-0.2, 0) is 16.0 Å². The molecule has 2 aromatic rings. The number of nitrogens with one attached hydrogen (secondary N) is 2. The molecule has 0 aromatic heterocycles. The Hall–Kier alpha value is -3.32. The number of rotatable bonds is 7. The predicted molar refractivity (Wildman–Crippen MR) is 134 cm³/mol. The summed E-state index contributed by atoms with van der Waals surface area (Å²) < 4.78 is 5.41. The van der Waals surface area contributed by atoms with Gasteiger partial charge in [-0.05, 0) is 43.0 Å². The monoisotopic (exact) mass is 462 g/mol. The number of piperazine rings is 1. The zero-order chi connectivity index (χ0) is 24.1. The van der Waals surface area contributed by atoms with Crippen molar-refractivity contribution in [2.24, 2.45) is 0 Å². The zero-order valence-corrected chi connectivity index (χ0v) is 20.3. The fourth-order valence-corrected chi connectivity index (χ4v) is 4.68. The molecule has 2 heterocycles. The normalized spacial score (nSPS) is 19.0. The van der Waals surface area contributed by atoms with Crippen LogP contribution in [0.25, 0.3) is 0 Å². The molecule has 2 aliphatic rings. The van der Waals surface area contributed by atoms with Gasteiger partial charge in [0.2, 0.25) is 0 Å². The Morgan fingerprint density at radius 1 is 1.03 bits per heavy atom. The summed E-state index contributed by atoms with van der Waals surface area (Å²) in [6.45, 7) is 10.3. The van der Waals surface area contributed by atoms with E-state index in [0.29, 0.717) is 17.8 Å². The molecule has 0 unspecified atom stereocenters. The number of esters is 1. The lowest BCUT2D eigenvalue weighted by atomic mass is 9.94. The second kappa shape index (κ2) is 10.7. The molecule has 1 atom stereocenters. The fourth-order valence-electron chi connectivity index (χ4n) is 4.68. The van der Waals surface area contributed by atoms with E-state index in [4.69, 9.17) is 4.74 Å². The lowest BCUT2D eigenvalue weighted by molar-refractivity contribution is -0.139. The number of para-hydroxylation sites is 1. The maximum absolute atomic E-state index is 13.0. The lowest BCUT2D eigenvalue weighted by Gasteiger charge is -2.38. The SMILES string of the molecule is CCOC(=O)C1=C(CN2CCN(c3ccccc3C)CC2)NC(=O)N[C@@H]1c1ccc(CC)cc1. The molecular weight excluding hydrogens is 428 g/mol. The Balaban J connectivity index is 1.56. The third kappa shape index (κ3) is 5.25. The highest BCUT2D eigenvalue weighted by molar-refractivity contribution is 5.95. The lowest BCUT2D eigenvalue weighted by Crippen LogP contribution is -2.52. The Bertz CT molecular complexity index is 1060. The molecule has 0 radical (unpaired) electrons. The minimum absolute atomic E-state index is 0.278. The summed E-state index contributed by atoms with van der Waals surface area (Å²) in [6, 6.07) is 15.6. The van der Waals surface area contributed by atoms with Crippen molar-refractivity contribution in [1.29, 1.82) is 0 Å². The first-order chi connectivity index (χ1) is 16.5. The summed E-state index contributed by atoms with van der Waals surface area (Å²) in [4.78, 5) is 30.3. The summed E-state index contributed by atoms with van der Waals surface area (Å²) >= 11 is 0. The molecular formula is C27H34N4O3. The van der Waals surface area contributed by atoms with Gasteiger partial charge in [0.25, 0.3) is 0 Å². The van der Waals surface area contributed by atoms with Gasteiger partial charge in [-0.2, -0.15) is 0 Å². The van der Waals surface area contributed by atoms with Gasteiger partial charge in [-0.15, -0.1) is 0 Å². The van der Waals surface area contributed by atoms with Crippen molar-refractivity contribution in [3.8, 4) is 0 Å². The van der Waals surface area contributed by atoms with E-state index in [-0.39, 0.29) is 12.6 Å². The standard InChI is InChI=1S/C27H34N4O3/c1-4-20-10-12-21(13-11-20)25-24(26(32)34-5-2)22(28-27(33)29-25)18-30-14-16-31(17-15-30)23-9-7-6-8-19(23)3/h6-13,25H,4-5,14-18H2,1-3H3,(H2,28,29,33)/t25-/m1/s1. The highest BCUT2D eigenvalue weighted by Gasteiger charge is 2.34. The average molecular weight is 463 g/mol. The molecule has 2 aliphatic heterocycles. The Kier molecular flexibility index (Phi) is 7.53. The molecule has 7 heteroatoms. The molecule has 180 valence electrons. The number of urea groups is 1. The molecule has 0 bridgehead atoms. The van der Waals surface area contributed by atoms with E-state index in [9.17, 15) is 9.59 Å². The van der Waals surface area contributed by atoms with Crippen LogP contribution in [0.5, 0.6) is 0 Å². The van der Waals surface area contributed by atoms with Crippen LogP contribution >= 0.6 is 0 Å². The quantitative estimate of drug-likeness (QED) is 0.616. The van der Waals surface area contributed by atoms with Crippen LogP contribution in [0.15, 0.2) is 59.8 Å². The molecule has 2 N–H and O–H groups in total. The second-order valence-electron chi connectivity index (χ2n) is 8.79. The largest absolute Gasteiger partial charge is 0.463 e. The van der Waals surface area contributed by atoms with E-state index in [1.807, 2.05) is 24.3 Å². The van der Waals surface area contributed by atoms with E-state index < -0.39 is 12.0 Å². The first-order valence-corrected chi connectivity index (χ1v) is 12.1. The number of nitrogens with zero attached hydrogens (tertiary/aromatic N) is 2. The van der Waals surface area contributed by atoms with E-state index in [1.165, 1.54) is 16.8 Å². The molecule has 7 nitrogen and oxygen atoms in total. The van der Waals surface area contributed by atoms with Crippen LogP contribution < -0.4 is 15.5 Å². The van der Waals surface area contributed by atoms with E-state index in [0.717, 1.165) is 38.2 Å². The van der Waals surface area contributed by atoms with Gasteiger partial charge in [0.05, 0.1) is 18.2 Å². The van der Waals surface area contributed by atoms with Crippen LogP contribution in [0.3, 0.4) is 0 Å². The van der Waals surface area contributed by atoms with Gasteiger partial charge in [-0.25, -0.2) is 9.59 Å². The maximum Gasteiger partial charge on any atom is 0.338 e. The number of hydrogen-bond acceptors (Lipinski definition) is 5. The Morgan fingerprint density at radius 3 is 2.38 bits per heavy atom. The minimum Gasteiger partial charge on any atom is -0.463 e. The van der Waals surface area contributed by atoms with Gasteiger partial charge in [-0.1, -0.05) is 49.4 Å². The zero-order valence-electron chi connectivity index (χ0n) is 20.3. The van der Waals surface area contributed by atoms with Crippen molar-refractivity contribution in [2.75, 3.05) is 44.2 Å². The third-order valence-corrected chi connectivity index (χ3v) is 6.58. The van der Waals surface area contributed by atoms with E-state index >= 15 is 0 Å². The molecule has 0 spiro atoms. The molecule has 2 aromatic carbocycles. The Labute approximate surface area is 201 Å². The van der Waals surface area contributed by atoms with Crippen LogP contribution in [0.4, 0.5) is 10.5 Å². The summed E-state index contributed by atoms with van der Waals surface area (Å²) in [5, 5.41) is 5.83. The van der Waals surface area contributed by atoms with Crippen LogP contribution in [0.2, 0.25) is 0 Å². The average Bonchev–Trinajstić information content (AvgIpc) is 2.85. The van der Waals surface area contributed by atoms with Crippen molar-refractivity contribution < 1.29 is 14.3 Å². The number of carbonyl (C=O) groups is 2. The maximum atomic E-state index is 13.0. The minimum atomic E-state index is -0.540. The summed E-state index contributed by atoms with van der Waals surface area (Å²) in [6.07, 6.45) is 0.930. The van der Waals surface area contributed by atoms with Gasteiger partial charge in [-0.3, -0.25) is 4.90 Å². The van der Waals surface area contributed by atoms with Crippen molar-refractivity contribution in [3.63, 3.8) is 0 Å². The summed E-state index contributed by atoms with van der Waals surface area (Å²) in [7, 11) is 0. The van der Waals surface area contributed by atoms with Crippen LogP contribution in [0, 0.1) is 6.92 Å². The Morgan fingerprint density at radius 2 is 1.74 bits per heavy atom. The molecule has 0 aliphatic carbocycles. The molecule has 1 saturated heterocycles. The van der Waals surface area contributed by atoms with Crippen molar-refractivity contribution in [1.82, 2.24) is 15.5 Å². The molecule has 4 rings (SSSR count). The van der Waals surface area contributed by atoms with Gasteiger partial charge in [0.15, 0.2) is 0 Å².